The molecule has 0 spiro atoms. The molecule has 0 aromatic heterocycles. The molecule has 1 atom stereocenters. The third-order valence-electron chi connectivity index (χ3n) is 2.07. The van der Waals surface area contributed by atoms with Crippen LogP contribution >= 0.6 is 6.72 Å². The lowest BCUT2D eigenvalue weighted by Gasteiger charge is -2.25. The Morgan fingerprint density at radius 2 is 1.92 bits per heavy atom. The van der Waals surface area contributed by atoms with Crippen molar-refractivity contribution in [1.29, 1.82) is 0 Å². The van der Waals surface area contributed by atoms with Crippen molar-refractivity contribution in [3.05, 3.63) is 0 Å². The van der Waals surface area contributed by atoms with Crippen LogP contribution in [-0.2, 0) is 20.9 Å². The van der Waals surface area contributed by atoms with E-state index in [0.717, 1.165) is 12.8 Å². The molecular weight excluding hydrogens is 195 g/mol. The molecule has 1 saturated carbocycles. The third kappa shape index (κ3) is 3.50. The summed E-state index contributed by atoms with van der Waals surface area (Å²) in [6.45, 7) is -2.91. The van der Waals surface area contributed by atoms with Crippen molar-refractivity contribution in [3.8, 4) is 0 Å². The lowest BCUT2D eigenvalue weighted by atomic mass is 9.98. The van der Waals surface area contributed by atoms with Crippen LogP contribution in [0, 0.1) is 0 Å². The second-order valence-corrected chi connectivity index (χ2v) is 5.91. The molecule has 0 bridgehead atoms. The van der Waals surface area contributed by atoms with Gasteiger partial charge in [0.1, 0.15) is 0 Å². The van der Waals surface area contributed by atoms with E-state index in [4.69, 9.17) is 20.9 Å². The molecule has 0 radical (unpaired) electrons. The molecule has 0 aliphatic heterocycles. The van der Waals surface area contributed by atoms with E-state index in [1.807, 2.05) is 0 Å². The predicted octanol–water partition coefficient (Wildman–Crippen LogP) is 2.20. The Bertz CT molecular complexity index is 179. The van der Waals surface area contributed by atoms with Gasteiger partial charge in [0.05, 0.1) is 6.10 Å². The summed E-state index contributed by atoms with van der Waals surface area (Å²) in [4.78, 5) is 9.36. The Labute approximate surface area is 78.3 Å². The average molecular weight is 210 g/mol. The smallest absolute Gasteiger partial charge is 0.324 e. The van der Waals surface area contributed by atoms with Crippen LogP contribution in [0.25, 0.3) is 0 Å². The van der Waals surface area contributed by atoms with E-state index < -0.39 is 6.72 Å². The Kier molecular flexibility index (Phi) is 4.14. The van der Waals surface area contributed by atoms with Crippen molar-refractivity contribution in [2.75, 3.05) is 7.11 Å². The van der Waals surface area contributed by atoms with Crippen LogP contribution in [0.5, 0.6) is 0 Å². The van der Waals surface area contributed by atoms with Gasteiger partial charge in [-0.05, 0) is 24.6 Å². The van der Waals surface area contributed by atoms with Gasteiger partial charge in [-0.1, -0.05) is 19.3 Å². The Morgan fingerprint density at radius 3 is 2.42 bits per heavy atom. The fourth-order valence-corrected chi connectivity index (χ4v) is 2.44. The normalized spacial score (nSPS) is 25.2. The van der Waals surface area contributed by atoms with Crippen LogP contribution in [-0.4, -0.2) is 18.1 Å². The third-order valence-corrected chi connectivity index (χ3v) is 3.80. The minimum atomic E-state index is -2.91. The highest BCUT2D eigenvalue weighted by Crippen LogP contribution is 2.45. The first-order chi connectivity index (χ1) is 5.64. The fraction of sp³-hybridized carbons (Fsp3) is 1.00. The molecule has 1 aliphatic rings. The quantitative estimate of drug-likeness (QED) is 0.725. The van der Waals surface area contributed by atoms with Gasteiger partial charge in [0.2, 0.25) is 0 Å². The summed E-state index contributed by atoms with van der Waals surface area (Å²) in [6, 6.07) is 0. The molecule has 12 heavy (non-hydrogen) atoms. The van der Waals surface area contributed by atoms with Crippen molar-refractivity contribution in [3.63, 3.8) is 0 Å². The second-order valence-electron chi connectivity index (χ2n) is 3.02. The zero-order valence-corrected chi connectivity index (χ0v) is 8.94. The van der Waals surface area contributed by atoms with E-state index in [9.17, 15) is 4.89 Å². The molecule has 0 amide bonds. The number of rotatable bonds is 3. The zero-order chi connectivity index (χ0) is 9.03. The highest BCUT2D eigenvalue weighted by atomic mass is 32.5. The molecule has 1 rings (SSSR count). The molecule has 1 N–H and O–H groups in total. The molecule has 1 aliphatic carbocycles. The highest BCUT2D eigenvalue weighted by Gasteiger charge is 2.22. The molecule has 72 valence electrons. The van der Waals surface area contributed by atoms with E-state index in [0.29, 0.717) is 0 Å². The standard InChI is InChI=1S/C7H15O3PS/c1-9-11(8,12)10-7-5-3-2-4-6-7/h7H,2-6H2,1H3,(H,8,12). The van der Waals surface area contributed by atoms with Crippen LogP contribution < -0.4 is 0 Å². The largest absolute Gasteiger partial charge is 0.324 e. The van der Waals surface area contributed by atoms with Crippen LogP contribution in [0.15, 0.2) is 0 Å². The van der Waals surface area contributed by atoms with Crippen molar-refractivity contribution in [2.45, 2.75) is 38.2 Å². The van der Waals surface area contributed by atoms with Gasteiger partial charge in [0.25, 0.3) is 0 Å². The van der Waals surface area contributed by atoms with Gasteiger partial charge in [0.15, 0.2) is 0 Å². The summed E-state index contributed by atoms with van der Waals surface area (Å²) < 4.78 is 9.99. The predicted molar refractivity (Wildman–Crippen MR) is 51.5 cm³/mol. The molecule has 1 fully saturated rings. The van der Waals surface area contributed by atoms with Gasteiger partial charge in [-0.2, -0.15) is 0 Å². The van der Waals surface area contributed by atoms with E-state index in [-0.39, 0.29) is 6.10 Å². The lowest BCUT2D eigenvalue weighted by Crippen LogP contribution is -2.15. The van der Waals surface area contributed by atoms with Gasteiger partial charge >= 0.3 is 6.72 Å². The minimum absolute atomic E-state index is 0.120. The SMILES string of the molecule is COP(O)(=S)OC1CCCCC1. The lowest BCUT2D eigenvalue weighted by molar-refractivity contribution is 0.122. The molecule has 0 aromatic carbocycles. The van der Waals surface area contributed by atoms with Crippen LogP contribution in [0.1, 0.15) is 32.1 Å². The van der Waals surface area contributed by atoms with E-state index in [1.165, 1.54) is 26.4 Å². The van der Waals surface area contributed by atoms with Gasteiger partial charge in [-0.15, -0.1) is 0 Å². The number of hydrogen-bond donors (Lipinski definition) is 1. The molecule has 0 heterocycles. The first-order valence-electron chi connectivity index (χ1n) is 4.21. The van der Waals surface area contributed by atoms with Crippen LogP contribution in [0.3, 0.4) is 0 Å². The van der Waals surface area contributed by atoms with E-state index in [1.54, 1.807) is 0 Å². The van der Waals surface area contributed by atoms with Crippen molar-refractivity contribution >= 4 is 18.5 Å². The van der Waals surface area contributed by atoms with E-state index >= 15 is 0 Å². The van der Waals surface area contributed by atoms with Crippen molar-refractivity contribution in [2.24, 2.45) is 0 Å². The van der Waals surface area contributed by atoms with Gasteiger partial charge < -0.3 is 13.9 Å². The summed E-state index contributed by atoms with van der Waals surface area (Å²) in [5.74, 6) is 0. The van der Waals surface area contributed by atoms with Gasteiger partial charge in [-0.25, -0.2) is 0 Å². The summed E-state index contributed by atoms with van der Waals surface area (Å²) in [5, 5.41) is 0. The Hall–Kier alpha value is 0.530. The molecule has 1 unspecified atom stereocenters. The maximum atomic E-state index is 9.36. The maximum Gasteiger partial charge on any atom is 0.324 e. The first kappa shape index (κ1) is 10.6. The van der Waals surface area contributed by atoms with Crippen molar-refractivity contribution < 1.29 is 13.9 Å². The summed E-state index contributed by atoms with van der Waals surface area (Å²) in [5.41, 5.74) is 0. The highest BCUT2D eigenvalue weighted by molar-refractivity contribution is 8.07. The van der Waals surface area contributed by atoms with Crippen LogP contribution in [0.2, 0.25) is 0 Å². The average Bonchev–Trinajstić information content (AvgIpc) is 2.06. The summed E-state index contributed by atoms with van der Waals surface area (Å²) in [6.07, 6.45) is 5.73. The fourth-order valence-electron chi connectivity index (χ4n) is 1.40. The molecule has 0 aromatic rings. The Balaban J connectivity index is 2.34. The van der Waals surface area contributed by atoms with Gasteiger partial charge in [0, 0.05) is 7.11 Å². The molecule has 0 saturated heterocycles. The van der Waals surface area contributed by atoms with Crippen LogP contribution in [0.4, 0.5) is 0 Å². The zero-order valence-electron chi connectivity index (χ0n) is 7.23. The second kappa shape index (κ2) is 4.68. The first-order valence-corrected chi connectivity index (χ1v) is 6.80. The van der Waals surface area contributed by atoms with Crippen molar-refractivity contribution in [1.82, 2.24) is 0 Å². The molecule has 5 heteroatoms. The van der Waals surface area contributed by atoms with E-state index in [2.05, 4.69) is 0 Å². The molecular formula is C7H15O3PS. The van der Waals surface area contributed by atoms with Gasteiger partial charge in [-0.3, -0.25) is 0 Å². The Morgan fingerprint density at radius 1 is 1.33 bits per heavy atom. The summed E-state index contributed by atoms with van der Waals surface area (Å²) in [7, 11) is 1.39. The molecule has 3 nitrogen and oxygen atoms in total. The number of hydrogen-bond acceptors (Lipinski definition) is 3. The minimum Gasteiger partial charge on any atom is -0.324 e. The summed E-state index contributed by atoms with van der Waals surface area (Å²) >= 11 is 4.75. The maximum absolute atomic E-state index is 9.36. The topological polar surface area (TPSA) is 38.7 Å². The monoisotopic (exact) mass is 210 g/mol.